The molecule has 144 valence electrons. The van der Waals surface area contributed by atoms with Crippen LogP contribution in [0.2, 0.25) is 0 Å². The maximum absolute atomic E-state index is 9.18. The maximum Gasteiger partial charge on any atom is 0.235 e. The molecule has 0 spiro atoms. The number of anilines is 3. The topological polar surface area (TPSA) is 106 Å². The van der Waals surface area contributed by atoms with Crippen LogP contribution in [-0.4, -0.2) is 95.6 Å². The second-order valence-electron chi connectivity index (χ2n) is 5.13. The number of aliphatic hydroxyl groups is 1. The third-order valence-electron chi connectivity index (χ3n) is 3.08. The van der Waals surface area contributed by atoms with Gasteiger partial charge in [0.2, 0.25) is 17.8 Å². The summed E-state index contributed by atoms with van der Waals surface area (Å²) in [4.78, 5) is 18.5. The van der Waals surface area contributed by atoms with Gasteiger partial charge in [-0.2, -0.15) is 15.0 Å². The molecule has 11 nitrogen and oxygen atoms in total. The number of ether oxygens (including phenoxy) is 4. The van der Waals surface area contributed by atoms with Crippen LogP contribution in [0.5, 0.6) is 0 Å². The van der Waals surface area contributed by atoms with Crippen LogP contribution in [0.1, 0.15) is 0 Å². The zero-order valence-corrected chi connectivity index (χ0v) is 15.5. The van der Waals surface area contributed by atoms with Gasteiger partial charge in [0, 0.05) is 42.0 Å². The Kier molecular flexibility index (Phi) is 9.96. The molecule has 0 unspecified atom stereocenters. The highest BCUT2D eigenvalue weighted by atomic mass is 16.5. The molecule has 11 heteroatoms. The number of aliphatic hydroxyl groups excluding tert-OH is 1. The Hall–Kier alpha value is -1.79. The molecule has 0 aliphatic heterocycles. The van der Waals surface area contributed by atoms with Crippen molar-refractivity contribution in [1.29, 1.82) is 0 Å². The first kappa shape index (κ1) is 21.3. The predicted octanol–water partition coefficient (Wildman–Crippen LogP) is -0.671. The first-order chi connectivity index (χ1) is 12.1. The smallest absolute Gasteiger partial charge is 0.235 e. The molecule has 0 aromatic carbocycles. The highest BCUT2D eigenvalue weighted by Gasteiger charge is 2.19. The average Bonchev–Trinajstić information content (AvgIpc) is 2.61. The van der Waals surface area contributed by atoms with Crippen LogP contribution in [0.15, 0.2) is 0 Å². The summed E-state index contributed by atoms with van der Waals surface area (Å²) in [6.45, 7) is 1.34. The molecular formula is C14H28N6O5. The second kappa shape index (κ2) is 11.7. The van der Waals surface area contributed by atoms with Crippen molar-refractivity contribution in [3.05, 3.63) is 0 Å². The van der Waals surface area contributed by atoms with Gasteiger partial charge in [0.05, 0.1) is 6.61 Å². The molecule has 1 heterocycles. The average molecular weight is 360 g/mol. The molecule has 0 amide bonds. The van der Waals surface area contributed by atoms with Crippen molar-refractivity contribution in [3.8, 4) is 0 Å². The van der Waals surface area contributed by atoms with Gasteiger partial charge in [0.25, 0.3) is 0 Å². The van der Waals surface area contributed by atoms with Gasteiger partial charge in [-0.05, 0) is 0 Å². The van der Waals surface area contributed by atoms with E-state index in [9.17, 15) is 5.11 Å². The number of aromatic nitrogens is 3. The predicted molar refractivity (Wildman–Crippen MR) is 92.6 cm³/mol. The molecule has 0 aliphatic rings. The van der Waals surface area contributed by atoms with Crippen molar-refractivity contribution in [2.24, 2.45) is 0 Å². The minimum Gasteiger partial charge on any atom is -0.395 e. The Morgan fingerprint density at radius 2 is 1.08 bits per heavy atom. The number of hydrogen-bond acceptors (Lipinski definition) is 11. The Morgan fingerprint density at radius 3 is 1.40 bits per heavy atom. The van der Waals surface area contributed by atoms with Crippen LogP contribution in [0, 0.1) is 0 Å². The summed E-state index contributed by atoms with van der Waals surface area (Å²) >= 11 is 0. The van der Waals surface area contributed by atoms with Gasteiger partial charge in [-0.25, -0.2) is 0 Å². The van der Waals surface area contributed by atoms with E-state index in [1.54, 1.807) is 50.2 Å². The van der Waals surface area contributed by atoms with Crippen molar-refractivity contribution in [1.82, 2.24) is 15.0 Å². The van der Waals surface area contributed by atoms with Gasteiger partial charge in [0.15, 0.2) is 0 Å². The molecule has 0 radical (unpaired) electrons. The molecule has 0 atom stereocenters. The molecule has 1 N–H and O–H groups in total. The molecule has 0 aliphatic carbocycles. The standard InChI is InChI=1S/C14H28N6O5/c1-18(6-7-21)12-15-13(19(8-22-2)9-23-3)17-14(16-12)20(10-24-4)11-25-5/h21H,6-11H2,1-5H3. The quantitative estimate of drug-likeness (QED) is 0.453. The van der Waals surface area contributed by atoms with E-state index in [1.165, 1.54) is 0 Å². The summed E-state index contributed by atoms with van der Waals surface area (Å²) < 4.78 is 20.7. The van der Waals surface area contributed by atoms with Gasteiger partial charge in [0.1, 0.15) is 26.9 Å². The number of hydrogen-bond donors (Lipinski definition) is 1. The molecule has 0 fully saturated rings. The normalized spacial score (nSPS) is 10.8. The van der Waals surface area contributed by atoms with Crippen LogP contribution in [-0.2, 0) is 18.9 Å². The van der Waals surface area contributed by atoms with E-state index in [-0.39, 0.29) is 33.5 Å². The number of nitrogens with zero attached hydrogens (tertiary/aromatic N) is 6. The largest absolute Gasteiger partial charge is 0.395 e. The van der Waals surface area contributed by atoms with Gasteiger partial charge in [-0.1, -0.05) is 0 Å². The summed E-state index contributed by atoms with van der Waals surface area (Å²) in [5, 5.41) is 9.18. The van der Waals surface area contributed by atoms with Crippen LogP contribution in [0.25, 0.3) is 0 Å². The minimum absolute atomic E-state index is 0.0213. The Balaban J connectivity index is 3.28. The van der Waals surface area contributed by atoms with Crippen molar-refractivity contribution < 1.29 is 24.1 Å². The zero-order valence-electron chi connectivity index (χ0n) is 15.5. The Bertz CT molecular complexity index is 449. The summed E-state index contributed by atoms with van der Waals surface area (Å²) in [6, 6.07) is 0. The van der Waals surface area contributed by atoms with E-state index in [4.69, 9.17) is 18.9 Å². The number of likely N-dealkylation sites (N-methyl/N-ethyl adjacent to an activating group) is 1. The number of methoxy groups -OCH3 is 4. The fourth-order valence-electron chi connectivity index (χ4n) is 1.98. The molecule has 0 saturated carbocycles. The fourth-order valence-corrected chi connectivity index (χ4v) is 1.98. The lowest BCUT2D eigenvalue weighted by atomic mass is 10.6. The van der Waals surface area contributed by atoms with E-state index in [0.717, 1.165) is 0 Å². The van der Waals surface area contributed by atoms with Crippen LogP contribution < -0.4 is 14.7 Å². The van der Waals surface area contributed by atoms with E-state index >= 15 is 0 Å². The third-order valence-corrected chi connectivity index (χ3v) is 3.08. The summed E-state index contributed by atoms with van der Waals surface area (Å²) in [6.07, 6.45) is 0. The first-order valence-electron chi connectivity index (χ1n) is 7.64. The molecule has 1 rings (SSSR count). The lowest BCUT2D eigenvalue weighted by molar-refractivity contribution is 0.136. The minimum atomic E-state index is -0.0213. The lowest BCUT2D eigenvalue weighted by Gasteiger charge is -2.26. The molecule has 25 heavy (non-hydrogen) atoms. The van der Waals surface area contributed by atoms with Crippen LogP contribution in [0.3, 0.4) is 0 Å². The van der Waals surface area contributed by atoms with Gasteiger partial charge >= 0.3 is 0 Å². The Labute approximate surface area is 148 Å². The lowest BCUT2D eigenvalue weighted by Crippen LogP contribution is -2.34. The molecule has 0 saturated heterocycles. The van der Waals surface area contributed by atoms with E-state index in [0.29, 0.717) is 24.4 Å². The SMILES string of the molecule is COCN(COC)c1nc(N(C)CCO)nc(N(COC)COC)n1. The monoisotopic (exact) mass is 360 g/mol. The zero-order chi connectivity index (χ0) is 18.7. The molecule has 1 aromatic rings. The Morgan fingerprint density at radius 1 is 0.720 bits per heavy atom. The van der Waals surface area contributed by atoms with Gasteiger partial charge in [-0.3, -0.25) is 9.80 Å². The highest BCUT2D eigenvalue weighted by Crippen LogP contribution is 2.18. The van der Waals surface area contributed by atoms with E-state index < -0.39 is 0 Å². The number of rotatable bonds is 13. The van der Waals surface area contributed by atoms with Gasteiger partial charge in [-0.15, -0.1) is 0 Å². The summed E-state index contributed by atoms with van der Waals surface area (Å²) in [5.74, 6) is 1.17. The third kappa shape index (κ3) is 6.55. The van der Waals surface area contributed by atoms with Crippen molar-refractivity contribution >= 4 is 17.8 Å². The molecular weight excluding hydrogens is 332 g/mol. The van der Waals surface area contributed by atoms with Gasteiger partial charge < -0.3 is 29.0 Å². The van der Waals surface area contributed by atoms with Crippen LogP contribution in [0.4, 0.5) is 17.8 Å². The maximum atomic E-state index is 9.18. The van der Waals surface area contributed by atoms with E-state index in [1.807, 2.05) is 0 Å². The molecule has 0 bridgehead atoms. The van der Waals surface area contributed by atoms with Crippen molar-refractivity contribution in [2.45, 2.75) is 0 Å². The first-order valence-corrected chi connectivity index (χ1v) is 7.64. The van der Waals surface area contributed by atoms with Crippen molar-refractivity contribution in [2.75, 3.05) is 90.3 Å². The summed E-state index contributed by atoms with van der Waals surface area (Å²) in [7, 11) is 8.09. The summed E-state index contributed by atoms with van der Waals surface area (Å²) in [5.41, 5.74) is 0. The highest BCUT2D eigenvalue weighted by molar-refractivity contribution is 5.45. The van der Waals surface area contributed by atoms with Crippen LogP contribution >= 0.6 is 0 Å². The fraction of sp³-hybridized carbons (Fsp3) is 0.786. The van der Waals surface area contributed by atoms with E-state index in [2.05, 4.69) is 15.0 Å². The molecule has 1 aromatic heterocycles. The van der Waals surface area contributed by atoms with Crippen molar-refractivity contribution in [3.63, 3.8) is 0 Å². The second-order valence-corrected chi connectivity index (χ2v) is 5.13.